The summed E-state index contributed by atoms with van der Waals surface area (Å²) in [5.41, 5.74) is 3.52. The standard InChI is InChI=1S/C21H17N3O2S/c1-14-10-19(16-4-3-9-23-12-16)24-21(18(14)11-22)27-13-20(25)15-5-7-17(26-2)8-6-15/h3-10,12H,13H2,1-2H3. The van der Waals surface area contributed by atoms with E-state index in [2.05, 4.69) is 16.0 Å². The normalized spacial score (nSPS) is 10.3. The van der Waals surface area contributed by atoms with E-state index in [9.17, 15) is 10.1 Å². The topological polar surface area (TPSA) is 75.9 Å². The fraction of sp³-hybridized carbons (Fsp3) is 0.143. The molecule has 5 nitrogen and oxygen atoms in total. The molecule has 2 aromatic heterocycles. The van der Waals surface area contributed by atoms with Gasteiger partial charge in [0.15, 0.2) is 5.78 Å². The first-order chi connectivity index (χ1) is 13.1. The second-order valence-corrected chi connectivity index (χ2v) is 6.76. The van der Waals surface area contributed by atoms with Crippen LogP contribution < -0.4 is 4.74 Å². The number of methoxy groups -OCH3 is 1. The maximum atomic E-state index is 12.5. The molecule has 0 saturated carbocycles. The SMILES string of the molecule is COc1ccc(C(=O)CSc2nc(-c3cccnc3)cc(C)c2C#N)cc1. The Bertz CT molecular complexity index is 996. The Labute approximate surface area is 162 Å². The molecule has 0 fully saturated rings. The number of Topliss-reactive ketones (excluding diaryl/α,β-unsaturated/α-hetero) is 1. The van der Waals surface area contributed by atoms with E-state index in [-0.39, 0.29) is 11.5 Å². The van der Waals surface area contributed by atoms with Gasteiger partial charge in [-0.1, -0.05) is 11.8 Å². The number of rotatable bonds is 6. The highest BCUT2D eigenvalue weighted by Gasteiger charge is 2.14. The van der Waals surface area contributed by atoms with E-state index in [1.54, 1.807) is 43.8 Å². The molecule has 134 valence electrons. The second-order valence-electron chi connectivity index (χ2n) is 5.80. The summed E-state index contributed by atoms with van der Waals surface area (Å²) in [4.78, 5) is 21.2. The minimum Gasteiger partial charge on any atom is -0.497 e. The van der Waals surface area contributed by atoms with Gasteiger partial charge in [-0.05, 0) is 55.0 Å². The summed E-state index contributed by atoms with van der Waals surface area (Å²) in [6.45, 7) is 1.87. The van der Waals surface area contributed by atoms with Crippen LogP contribution in [0.4, 0.5) is 0 Å². The molecule has 0 unspecified atom stereocenters. The molecule has 3 aromatic rings. The smallest absolute Gasteiger partial charge is 0.173 e. The van der Waals surface area contributed by atoms with Gasteiger partial charge < -0.3 is 4.74 Å². The summed E-state index contributed by atoms with van der Waals surface area (Å²) in [5, 5.41) is 10.0. The van der Waals surface area contributed by atoms with Gasteiger partial charge >= 0.3 is 0 Å². The zero-order valence-electron chi connectivity index (χ0n) is 15.0. The fourth-order valence-electron chi connectivity index (χ4n) is 2.54. The third-order valence-corrected chi connectivity index (χ3v) is 4.98. The van der Waals surface area contributed by atoms with E-state index in [0.29, 0.717) is 21.9 Å². The Balaban J connectivity index is 1.83. The number of ketones is 1. The fourth-order valence-corrected chi connectivity index (χ4v) is 3.49. The number of thioether (sulfide) groups is 1. The average molecular weight is 375 g/mol. The van der Waals surface area contributed by atoms with Crippen molar-refractivity contribution in [1.82, 2.24) is 9.97 Å². The highest BCUT2D eigenvalue weighted by molar-refractivity contribution is 8.00. The summed E-state index contributed by atoms with van der Waals surface area (Å²) < 4.78 is 5.11. The van der Waals surface area contributed by atoms with Crippen LogP contribution in [0.1, 0.15) is 21.5 Å². The summed E-state index contributed by atoms with van der Waals surface area (Å²) in [5.74, 6) is 0.870. The molecule has 0 bridgehead atoms. The molecule has 0 aliphatic rings. The maximum Gasteiger partial charge on any atom is 0.173 e. The second kappa shape index (κ2) is 8.47. The lowest BCUT2D eigenvalue weighted by Gasteiger charge is -2.09. The number of carbonyl (C=O) groups is 1. The molecule has 0 aliphatic carbocycles. The van der Waals surface area contributed by atoms with E-state index in [1.807, 2.05) is 25.1 Å². The van der Waals surface area contributed by atoms with E-state index < -0.39 is 0 Å². The number of aromatic nitrogens is 2. The van der Waals surface area contributed by atoms with Crippen LogP contribution in [0.25, 0.3) is 11.3 Å². The van der Waals surface area contributed by atoms with Crippen LogP contribution in [0.5, 0.6) is 5.75 Å². The van der Waals surface area contributed by atoms with Crippen LogP contribution >= 0.6 is 11.8 Å². The van der Waals surface area contributed by atoms with Gasteiger partial charge in [-0.2, -0.15) is 5.26 Å². The molecular formula is C21H17N3O2S. The summed E-state index contributed by atoms with van der Waals surface area (Å²) in [6, 6.07) is 14.8. The maximum absolute atomic E-state index is 12.5. The number of hydrogen-bond acceptors (Lipinski definition) is 6. The number of nitriles is 1. The van der Waals surface area contributed by atoms with Crippen molar-refractivity contribution in [3.05, 3.63) is 71.5 Å². The van der Waals surface area contributed by atoms with Gasteiger partial charge in [0.2, 0.25) is 0 Å². The molecule has 3 rings (SSSR count). The van der Waals surface area contributed by atoms with Crippen molar-refractivity contribution in [3.63, 3.8) is 0 Å². The monoisotopic (exact) mass is 375 g/mol. The predicted octanol–water partition coefficient (Wildman–Crippen LogP) is 4.31. The molecule has 0 radical (unpaired) electrons. The number of aryl methyl sites for hydroxylation is 1. The van der Waals surface area contributed by atoms with Crippen LogP contribution in [0.2, 0.25) is 0 Å². The number of ether oxygens (including phenoxy) is 1. The number of pyridine rings is 2. The van der Waals surface area contributed by atoms with Gasteiger partial charge in [-0.15, -0.1) is 0 Å². The van der Waals surface area contributed by atoms with Crippen LogP contribution in [0, 0.1) is 18.3 Å². The molecule has 0 amide bonds. The zero-order chi connectivity index (χ0) is 19.2. The van der Waals surface area contributed by atoms with Gasteiger partial charge in [0.1, 0.15) is 16.8 Å². The quantitative estimate of drug-likeness (QED) is 0.472. The Hall–Kier alpha value is -3.17. The average Bonchev–Trinajstić information content (AvgIpc) is 2.72. The number of hydrogen-bond donors (Lipinski definition) is 0. The third-order valence-electron chi connectivity index (χ3n) is 4.00. The molecule has 0 aliphatic heterocycles. The highest BCUT2D eigenvalue weighted by Crippen LogP contribution is 2.28. The molecule has 0 atom stereocenters. The highest BCUT2D eigenvalue weighted by atomic mass is 32.2. The van der Waals surface area contributed by atoms with Crippen molar-refractivity contribution < 1.29 is 9.53 Å². The molecule has 0 spiro atoms. The largest absolute Gasteiger partial charge is 0.497 e. The van der Waals surface area contributed by atoms with Crippen molar-refractivity contribution in [2.24, 2.45) is 0 Å². The first kappa shape index (κ1) is 18.6. The van der Waals surface area contributed by atoms with Crippen LogP contribution in [-0.2, 0) is 0 Å². The van der Waals surface area contributed by atoms with E-state index >= 15 is 0 Å². The Morgan fingerprint density at radius 2 is 2.04 bits per heavy atom. The van der Waals surface area contributed by atoms with Crippen molar-refractivity contribution in [2.75, 3.05) is 12.9 Å². The first-order valence-electron chi connectivity index (χ1n) is 8.24. The van der Waals surface area contributed by atoms with Gasteiger partial charge in [0, 0.05) is 23.5 Å². The predicted molar refractivity (Wildman–Crippen MR) is 105 cm³/mol. The Kier molecular flexibility index (Phi) is 5.84. The number of carbonyl (C=O) groups excluding carboxylic acids is 1. The third kappa shape index (κ3) is 4.33. The molecule has 0 N–H and O–H groups in total. The molecule has 0 saturated heterocycles. The van der Waals surface area contributed by atoms with Gasteiger partial charge in [0.25, 0.3) is 0 Å². The minimum atomic E-state index is -0.0298. The summed E-state index contributed by atoms with van der Waals surface area (Å²) in [6.07, 6.45) is 3.42. The summed E-state index contributed by atoms with van der Waals surface area (Å²) >= 11 is 1.27. The van der Waals surface area contributed by atoms with Gasteiger partial charge in [0.05, 0.1) is 24.1 Å². The molecule has 27 heavy (non-hydrogen) atoms. The molecule has 2 heterocycles. The Morgan fingerprint density at radius 3 is 2.67 bits per heavy atom. The van der Waals surface area contributed by atoms with E-state index in [1.165, 1.54) is 11.8 Å². The molecular weight excluding hydrogens is 358 g/mol. The van der Waals surface area contributed by atoms with Crippen molar-refractivity contribution in [3.8, 4) is 23.1 Å². The molecule has 6 heteroatoms. The van der Waals surface area contributed by atoms with Gasteiger partial charge in [-0.25, -0.2) is 4.98 Å². The van der Waals surface area contributed by atoms with Crippen molar-refractivity contribution in [2.45, 2.75) is 11.9 Å². The van der Waals surface area contributed by atoms with E-state index in [0.717, 1.165) is 16.8 Å². The van der Waals surface area contributed by atoms with Crippen LogP contribution in [0.15, 0.2) is 59.9 Å². The minimum absolute atomic E-state index is 0.0298. The number of nitrogens with zero attached hydrogens (tertiary/aromatic N) is 3. The zero-order valence-corrected chi connectivity index (χ0v) is 15.8. The van der Waals surface area contributed by atoms with Crippen molar-refractivity contribution in [1.29, 1.82) is 5.26 Å². The Morgan fingerprint density at radius 1 is 1.26 bits per heavy atom. The van der Waals surface area contributed by atoms with Crippen molar-refractivity contribution >= 4 is 17.5 Å². The van der Waals surface area contributed by atoms with E-state index in [4.69, 9.17) is 4.74 Å². The molecule has 1 aromatic carbocycles. The lowest BCUT2D eigenvalue weighted by atomic mass is 10.1. The summed E-state index contributed by atoms with van der Waals surface area (Å²) in [7, 11) is 1.58. The first-order valence-corrected chi connectivity index (χ1v) is 9.23. The lowest BCUT2D eigenvalue weighted by molar-refractivity contribution is 0.102. The lowest BCUT2D eigenvalue weighted by Crippen LogP contribution is -2.04. The van der Waals surface area contributed by atoms with Crippen LogP contribution in [0.3, 0.4) is 0 Å². The van der Waals surface area contributed by atoms with Gasteiger partial charge in [-0.3, -0.25) is 9.78 Å². The number of benzene rings is 1. The van der Waals surface area contributed by atoms with Crippen LogP contribution in [-0.4, -0.2) is 28.6 Å².